The van der Waals surface area contributed by atoms with Crippen LogP contribution in [0.2, 0.25) is 0 Å². The maximum Gasteiger partial charge on any atom is 0.338 e. The lowest BCUT2D eigenvalue weighted by Crippen LogP contribution is -2.12. The summed E-state index contributed by atoms with van der Waals surface area (Å²) in [4.78, 5) is 11.7. The summed E-state index contributed by atoms with van der Waals surface area (Å²) in [5, 5.41) is 0. The predicted molar refractivity (Wildman–Crippen MR) is 69.8 cm³/mol. The van der Waals surface area contributed by atoms with Gasteiger partial charge in [-0.3, -0.25) is 0 Å². The van der Waals surface area contributed by atoms with E-state index in [-0.39, 0.29) is 5.97 Å². The molecule has 17 heavy (non-hydrogen) atoms. The van der Waals surface area contributed by atoms with Gasteiger partial charge in [0.2, 0.25) is 0 Å². The Morgan fingerprint density at radius 1 is 1.29 bits per heavy atom. The summed E-state index contributed by atoms with van der Waals surface area (Å²) in [6, 6.07) is 3.25. The monoisotopic (exact) mass is 236 g/mol. The SMILES string of the molecule is CCc1c(N)cc(C(=O)OCC(C)C)cc1N. The predicted octanol–water partition coefficient (Wildman–Crippen LogP) is 2.23. The summed E-state index contributed by atoms with van der Waals surface area (Å²) in [6.07, 6.45) is 0.749. The first-order valence-corrected chi connectivity index (χ1v) is 5.80. The van der Waals surface area contributed by atoms with Gasteiger partial charge in [0, 0.05) is 11.4 Å². The Morgan fingerprint density at radius 2 is 1.82 bits per heavy atom. The summed E-state index contributed by atoms with van der Waals surface area (Å²) in [5.41, 5.74) is 14.1. The van der Waals surface area contributed by atoms with Gasteiger partial charge in [0.25, 0.3) is 0 Å². The molecule has 0 radical (unpaired) electrons. The van der Waals surface area contributed by atoms with Crippen molar-refractivity contribution in [2.75, 3.05) is 18.1 Å². The van der Waals surface area contributed by atoms with E-state index in [1.54, 1.807) is 12.1 Å². The van der Waals surface area contributed by atoms with Crippen LogP contribution in [0.3, 0.4) is 0 Å². The largest absolute Gasteiger partial charge is 0.462 e. The number of esters is 1. The van der Waals surface area contributed by atoms with Crippen molar-refractivity contribution in [3.05, 3.63) is 23.3 Å². The number of ether oxygens (including phenoxy) is 1. The fourth-order valence-electron chi connectivity index (χ4n) is 1.57. The summed E-state index contributed by atoms with van der Waals surface area (Å²) >= 11 is 0. The van der Waals surface area contributed by atoms with Crippen molar-refractivity contribution >= 4 is 17.3 Å². The lowest BCUT2D eigenvalue weighted by molar-refractivity contribution is 0.0459. The molecule has 0 amide bonds. The number of benzene rings is 1. The van der Waals surface area contributed by atoms with Crippen LogP contribution in [0.15, 0.2) is 12.1 Å². The molecule has 1 aromatic rings. The Hall–Kier alpha value is -1.71. The highest BCUT2D eigenvalue weighted by Gasteiger charge is 2.12. The Balaban J connectivity index is 2.89. The van der Waals surface area contributed by atoms with Crippen LogP contribution in [0.4, 0.5) is 11.4 Å². The second-order valence-electron chi connectivity index (χ2n) is 4.48. The van der Waals surface area contributed by atoms with Gasteiger partial charge in [-0.25, -0.2) is 4.79 Å². The quantitative estimate of drug-likeness (QED) is 0.620. The molecule has 4 N–H and O–H groups in total. The second-order valence-corrected chi connectivity index (χ2v) is 4.48. The van der Waals surface area contributed by atoms with Crippen LogP contribution >= 0.6 is 0 Å². The molecule has 94 valence electrons. The molecule has 4 heteroatoms. The minimum absolute atomic E-state index is 0.309. The highest BCUT2D eigenvalue weighted by Crippen LogP contribution is 2.23. The molecule has 0 fully saturated rings. The molecule has 0 heterocycles. The molecule has 1 rings (SSSR count). The molecule has 0 saturated carbocycles. The first-order valence-electron chi connectivity index (χ1n) is 5.80. The molecule has 4 nitrogen and oxygen atoms in total. The van der Waals surface area contributed by atoms with E-state index in [2.05, 4.69) is 0 Å². The number of nitrogen functional groups attached to an aromatic ring is 2. The summed E-state index contributed by atoms with van der Waals surface area (Å²) < 4.78 is 5.12. The highest BCUT2D eigenvalue weighted by molar-refractivity contribution is 5.92. The van der Waals surface area contributed by atoms with Crippen LogP contribution < -0.4 is 11.5 Å². The van der Waals surface area contributed by atoms with E-state index in [1.807, 2.05) is 20.8 Å². The Labute approximate surface area is 102 Å². The van der Waals surface area contributed by atoms with Crippen molar-refractivity contribution in [2.45, 2.75) is 27.2 Å². The number of carbonyl (C=O) groups excluding carboxylic acids is 1. The first-order chi connectivity index (χ1) is 7.95. The molecule has 0 aliphatic rings. The topological polar surface area (TPSA) is 78.3 Å². The van der Waals surface area contributed by atoms with E-state index in [1.165, 1.54) is 0 Å². The van der Waals surface area contributed by atoms with Crippen LogP contribution in [-0.4, -0.2) is 12.6 Å². The highest BCUT2D eigenvalue weighted by atomic mass is 16.5. The van der Waals surface area contributed by atoms with Gasteiger partial charge in [-0.15, -0.1) is 0 Å². The van der Waals surface area contributed by atoms with Gasteiger partial charge in [-0.2, -0.15) is 0 Å². The lowest BCUT2D eigenvalue weighted by Gasteiger charge is -2.11. The lowest BCUT2D eigenvalue weighted by atomic mass is 10.0. The molecule has 0 saturated heterocycles. The van der Waals surface area contributed by atoms with Gasteiger partial charge in [-0.1, -0.05) is 20.8 Å². The Morgan fingerprint density at radius 3 is 2.24 bits per heavy atom. The molecule has 0 aliphatic carbocycles. The number of anilines is 2. The van der Waals surface area contributed by atoms with Gasteiger partial charge >= 0.3 is 5.97 Å². The van der Waals surface area contributed by atoms with Crippen molar-refractivity contribution in [2.24, 2.45) is 5.92 Å². The molecule has 0 aliphatic heterocycles. The van der Waals surface area contributed by atoms with Gasteiger partial charge in [0.1, 0.15) is 0 Å². The molecule has 0 aromatic heterocycles. The zero-order valence-corrected chi connectivity index (χ0v) is 10.6. The van der Waals surface area contributed by atoms with E-state index < -0.39 is 0 Å². The van der Waals surface area contributed by atoms with Crippen LogP contribution in [0, 0.1) is 5.92 Å². The van der Waals surface area contributed by atoms with E-state index in [9.17, 15) is 4.79 Å². The van der Waals surface area contributed by atoms with Crippen LogP contribution in [0.5, 0.6) is 0 Å². The minimum Gasteiger partial charge on any atom is -0.462 e. The third-order valence-corrected chi connectivity index (χ3v) is 2.46. The van der Waals surface area contributed by atoms with Crippen molar-refractivity contribution < 1.29 is 9.53 Å². The number of nitrogens with two attached hydrogens (primary N) is 2. The number of rotatable bonds is 4. The van der Waals surface area contributed by atoms with E-state index in [0.29, 0.717) is 29.5 Å². The van der Waals surface area contributed by atoms with E-state index in [4.69, 9.17) is 16.2 Å². The van der Waals surface area contributed by atoms with Gasteiger partial charge < -0.3 is 16.2 Å². The van der Waals surface area contributed by atoms with Crippen molar-refractivity contribution in [1.29, 1.82) is 0 Å². The van der Waals surface area contributed by atoms with Crippen LogP contribution in [0.25, 0.3) is 0 Å². The van der Waals surface area contributed by atoms with Crippen molar-refractivity contribution in [3.63, 3.8) is 0 Å². The third kappa shape index (κ3) is 3.37. The zero-order chi connectivity index (χ0) is 13.0. The first kappa shape index (κ1) is 13.4. The van der Waals surface area contributed by atoms with Crippen LogP contribution in [-0.2, 0) is 11.2 Å². The fourth-order valence-corrected chi connectivity index (χ4v) is 1.57. The molecule has 0 unspecified atom stereocenters. The molecule has 1 aromatic carbocycles. The number of hydrogen-bond acceptors (Lipinski definition) is 4. The number of carbonyl (C=O) groups is 1. The Kier molecular flexibility index (Phi) is 4.37. The van der Waals surface area contributed by atoms with Crippen molar-refractivity contribution in [3.8, 4) is 0 Å². The van der Waals surface area contributed by atoms with Gasteiger partial charge in [0.15, 0.2) is 0 Å². The fraction of sp³-hybridized carbons (Fsp3) is 0.462. The third-order valence-electron chi connectivity index (χ3n) is 2.46. The zero-order valence-electron chi connectivity index (χ0n) is 10.6. The maximum atomic E-state index is 11.7. The molecular weight excluding hydrogens is 216 g/mol. The maximum absolute atomic E-state index is 11.7. The average Bonchev–Trinajstić information content (AvgIpc) is 2.25. The van der Waals surface area contributed by atoms with Crippen molar-refractivity contribution in [1.82, 2.24) is 0 Å². The normalized spacial score (nSPS) is 10.6. The molecule has 0 bridgehead atoms. The smallest absolute Gasteiger partial charge is 0.338 e. The summed E-state index contributed by atoms with van der Waals surface area (Å²) in [7, 11) is 0. The molecular formula is C13H20N2O2. The van der Waals surface area contributed by atoms with Crippen LogP contribution in [0.1, 0.15) is 36.7 Å². The standard InChI is InChI=1S/C13H20N2O2/c1-4-10-11(14)5-9(6-12(10)15)13(16)17-7-8(2)3/h5-6,8H,4,7,14-15H2,1-3H3. The minimum atomic E-state index is -0.375. The van der Waals surface area contributed by atoms with Gasteiger partial charge in [-0.05, 0) is 30.0 Å². The average molecular weight is 236 g/mol. The van der Waals surface area contributed by atoms with E-state index >= 15 is 0 Å². The number of hydrogen-bond donors (Lipinski definition) is 2. The molecule has 0 atom stereocenters. The van der Waals surface area contributed by atoms with E-state index in [0.717, 1.165) is 12.0 Å². The second kappa shape index (κ2) is 5.57. The van der Waals surface area contributed by atoms with Gasteiger partial charge in [0.05, 0.1) is 12.2 Å². The summed E-state index contributed by atoms with van der Waals surface area (Å²) in [5.74, 6) is -0.0664. The Bertz CT molecular complexity index is 391. The summed E-state index contributed by atoms with van der Waals surface area (Å²) in [6.45, 7) is 6.33. The molecule has 0 spiro atoms.